The van der Waals surface area contributed by atoms with Crippen molar-refractivity contribution in [2.24, 2.45) is 0 Å². The number of fused-ring (bicyclic) bond motifs is 1. The fourth-order valence-electron chi connectivity index (χ4n) is 2.82. The van der Waals surface area contributed by atoms with Crippen LogP contribution >= 0.6 is 11.8 Å². The molecule has 0 aliphatic rings. The molecule has 0 bridgehead atoms. The first-order valence-electron chi connectivity index (χ1n) is 7.82. The molecule has 3 nitrogen and oxygen atoms in total. The summed E-state index contributed by atoms with van der Waals surface area (Å²) in [5, 5.41) is 10.3. The molecule has 1 N–H and O–H groups in total. The van der Waals surface area contributed by atoms with Gasteiger partial charge >= 0.3 is 5.97 Å². The highest BCUT2D eigenvalue weighted by molar-refractivity contribution is 7.98. The van der Waals surface area contributed by atoms with Crippen molar-refractivity contribution < 1.29 is 9.90 Å². The minimum atomic E-state index is -0.926. The normalized spacial score (nSPS) is 11.2. The fourth-order valence-corrected chi connectivity index (χ4v) is 3.23. The number of rotatable bonds is 4. The van der Waals surface area contributed by atoms with Crippen LogP contribution in [0.25, 0.3) is 22.2 Å². The second-order valence-electron chi connectivity index (χ2n) is 5.99. The van der Waals surface area contributed by atoms with Crippen LogP contribution in [0.5, 0.6) is 0 Å². The molecule has 0 atom stereocenters. The third-order valence-electron chi connectivity index (χ3n) is 4.11. The van der Waals surface area contributed by atoms with Crippen LogP contribution in [0.2, 0.25) is 0 Å². The van der Waals surface area contributed by atoms with Crippen molar-refractivity contribution in [2.75, 3.05) is 6.26 Å². The smallest absolute Gasteiger partial charge is 0.336 e. The van der Waals surface area contributed by atoms with Crippen molar-refractivity contribution in [3.05, 3.63) is 59.7 Å². The topological polar surface area (TPSA) is 50.2 Å². The molecule has 0 saturated carbocycles. The van der Waals surface area contributed by atoms with Gasteiger partial charge in [-0.3, -0.25) is 0 Å². The Kier molecular flexibility index (Phi) is 4.58. The van der Waals surface area contributed by atoms with Gasteiger partial charge in [0.25, 0.3) is 0 Å². The molecule has 0 unspecified atom stereocenters. The van der Waals surface area contributed by atoms with E-state index in [0.29, 0.717) is 16.6 Å². The quantitative estimate of drug-likeness (QED) is 0.644. The molecular weight excluding hydrogens is 318 g/mol. The number of carboxylic acid groups (broad SMARTS) is 1. The first-order chi connectivity index (χ1) is 11.5. The van der Waals surface area contributed by atoms with Crippen molar-refractivity contribution in [1.82, 2.24) is 4.98 Å². The minimum absolute atomic E-state index is 0.275. The number of aromatic nitrogens is 1. The van der Waals surface area contributed by atoms with E-state index in [9.17, 15) is 9.90 Å². The first-order valence-corrected chi connectivity index (χ1v) is 9.05. The van der Waals surface area contributed by atoms with E-state index < -0.39 is 5.97 Å². The SMILES string of the molecule is CSc1ccc(-c2cc(C(=O)O)c3cccc(C(C)C)c3n2)cc1. The van der Waals surface area contributed by atoms with Gasteiger partial charge in [0.15, 0.2) is 0 Å². The predicted octanol–water partition coefficient (Wildman–Crippen LogP) is 5.45. The molecule has 1 heterocycles. The van der Waals surface area contributed by atoms with Gasteiger partial charge in [0.2, 0.25) is 0 Å². The average Bonchev–Trinajstić information content (AvgIpc) is 2.60. The molecule has 3 rings (SSSR count). The lowest BCUT2D eigenvalue weighted by Gasteiger charge is -2.13. The Morgan fingerprint density at radius 1 is 1.12 bits per heavy atom. The third kappa shape index (κ3) is 3.02. The van der Waals surface area contributed by atoms with E-state index in [0.717, 1.165) is 16.6 Å². The monoisotopic (exact) mass is 337 g/mol. The van der Waals surface area contributed by atoms with Crippen LogP contribution in [0.4, 0.5) is 0 Å². The summed E-state index contributed by atoms with van der Waals surface area (Å²) >= 11 is 1.68. The molecule has 0 fully saturated rings. The van der Waals surface area contributed by atoms with Crippen LogP contribution < -0.4 is 0 Å². The Bertz CT molecular complexity index is 901. The van der Waals surface area contributed by atoms with E-state index >= 15 is 0 Å². The number of aromatic carboxylic acids is 1. The standard InChI is InChI=1S/C20H19NO2S/c1-12(2)15-5-4-6-16-17(20(22)23)11-18(21-19(15)16)13-7-9-14(24-3)10-8-13/h4-12H,1-3H3,(H,22,23). The maximum absolute atomic E-state index is 11.7. The van der Waals surface area contributed by atoms with E-state index in [4.69, 9.17) is 4.98 Å². The second kappa shape index (κ2) is 6.65. The van der Waals surface area contributed by atoms with Gasteiger partial charge in [-0.1, -0.05) is 44.2 Å². The van der Waals surface area contributed by atoms with Gasteiger partial charge in [-0.05, 0) is 35.9 Å². The summed E-state index contributed by atoms with van der Waals surface area (Å²) < 4.78 is 0. The maximum atomic E-state index is 11.7. The van der Waals surface area contributed by atoms with E-state index in [2.05, 4.69) is 13.8 Å². The van der Waals surface area contributed by atoms with Crippen LogP contribution in [-0.4, -0.2) is 22.3 Å². The number of hydrogen-bond acceptors (Lipinski definition) is 3. The lowest BCUT2D eigenvalue weighted by molar-refractivity contribution is 0.0699. The Morgan fingerprint density at radius 2 is 1.83 bits per heavy atom. The molecular formula is C20H19NO2S. The maximum Gasteiger partial charge on any atom is 0.336 e. The van der Waals surface area contributed by atoms with Crippen molar-refractivity contribution in [1.29, 1.82) is 0 Å². The average molecular weight is 337 g/mol. The van der Waals surface area contributed by atoms with Crippen LogP contribution in [0.3, 0.4) is 0 Å². The Hall–Kier alpha value is -2.33. The molecule has 24 heavy (non-hydrogen) atoms. The minimum Gasteiger partial charge on any atom is -0.478 e. The van der Waals surface area contributed by atoms with E-state index in [1.807, 2.05) is 48.7 Å². The second-order valence-corrected chi connectivity index (χ2v) is 6.87. The highest BCUT2D eigenvalue weighted by Crippen LogP contribution is 2.30. The van der Waals surface area contributed by atoms with Gasteiger partial charge in [-0.2, -0.15) is 0 Å². The number of carbonyl (C=O) groups is 1. The number of pyridine rings is 1. The summed E-state index contributed by atoms with van der Waals surface area (Å²) in [6, 6.07) is 15.5. The van der Waals surface area contributed by atoms with Gasteiger partial charge in [0, 0.05) is 15.8 Å². The van der Waals surface area contributed by atoms with Gasteiger partial charge in [0.05, 0.1) is 16.8 Å². The Morgan fingerprint density at radius 3 is 2.42 bits per heavy atom. The number of hydrogen-bond donors (Lipinski definition) is 1. The van der Waals surface area contributed by atoms with Gasteiger partial charge in [-0.15, -0.1) is 11.8 Å². The number of benzene rings is 2. The first kappa shape index (κ1) is 16.5. The molecule has 0 amide bonds. The summed E-state index contributed by atoms with van der Waals surface area (Å²) in [4.78, 5) is 17.7. The molecule has 0 aliphatic heterocycles. The summed E-state index contributed by atoms with van der Waals surface area (Å²) in [6.45, 7) is 4.19. The zero-order valence-electron chi connectivity index (χ0n) is 13.9. The number of thioether (sulfide) groups is 1. The number of carboxylic acids is 1. The molecule has 3 aromatic rings. The van der Waals surface area contributed by atoms with Crippen molar-refractivity contribution in [2.45, 2.75) is 24.7 Å². The molecule has 0 aliphatic carbocycles. The van der Waals surface area contributed by atoms with Crippen LogP contribution in [0, 0.1) is 0 Å². The van der Waals surface area contributed by atoms with E-state index in [1.165, 1.54) is 4.90 Å². The molecule has 0 spiro atoms. The Balaban J connectivity index is 2.28. The largest absolute Gasteiger partial charge is 0.478 e. The van der Waals surface area contributed by atoms with Gasteiger partial charge in [0.1, 0.15) is 0 Å². The van der Waals surface area contributed by atoms with Gasteiger partial charge in [-0.25, -0.2) is 9.78 Å². The van der Waals surface area contributed by atoms with E-state index in [-0.39, 0.29) is 5.92 Å². The fraction of sp³-hybridized carbons (Fsp3) is 0.200. The molecule has 122 valence electrons. The lowest BCUT2D eigenvalue weighted by Crippen LogP contribution is -2.02. The zero-order valence-corrected chi connectivity index (χ0v) is 14.7. The summed E-state index contributed by atoms with van der Waals surface area (Å²) in [6.07, 6.45) is 2.03. The predicted molar refractivity (Wildman–Crippen MR) is 100 cm³/mol. The zero-order chi connectivity index (χ0) is 17.3. The highest BCUT2D eigenvalue weighted by Gasteiger charge is 2.16. The number of para-hydroxylation sites is 1. The van der Waals surface area contributed by atoms with Gasteiger partial charge < -0.3 is 5.11 Å². The molecule has 4 heteroatoms. The molecule has 0 radical (unpaired) electrons. The summed E-state index contributed by atoms with van der Waals surface area (Å²) in [5.41, 5.74) is 3.76. The molecule has 0 saturated heterocycles. The highest BCUT2D eigenvalue weighted by atomic mass is 32.2. The van der Waals surface area contributed by atoms with Crippen molar-refractivity contribution in [3.63, 3.8) is 0 Å². The number of nitrogens with zero attached hydrogens (tertiary/aromatic N) is 1. The van der Waals surface area contributed by atoms with Crippen LogP contribution in [0.1, 0.15) is 35.7 Å². The summed E-state index contributed by atoms with van der Waals surface area (Å²) in [5.74, 6) is -0.651. The van der Waals surface area contributed by atoms with Crippen molar-refractivity contribution >= 4 is 28.6 Å². The Labute approximate surface area is 145 Å². The molecule has 1 aromatic heterocycles. The van der Waals surface area contributed by atoms with Crippen LogP contribution in [0.15, 0.2) is 53.4 Å². The van der Waals surface area contributed by atoms with E-state index in [1.54, 1.807) is 17.8 Å². The summed E-state index contributed by atoms with van der Waals surface area (Å²) in [7, 11) is 0. The molecule has 2 aromatic carbocycles. The van der Waals surface area contributed by atoms with Crippen LogP contribution in [-0.2, 0) is 0 Å². The third-order valence-corrected chi connectivity index (χ3v) is 4.85. The lowest BCUT2D eigenvalue weighted by atomic mass is 9.96. The van der Waals surface area contributed by atoms with Crippen molar-refractivity contribution in [3.8, 4) is 11.3 Å².